The van der Waals surface area contributed by atoms with Crippen molar-refractivity contribution < 1.29 is 9.53 Å². The zero-order chi connectivity index (χ0) is 16.8. The topological polar surface area (TPSA) is 41.6 Å². The molecule has 3 atom stereocenters. The van der Waals surface area contributed by atoms with E-state index in [1.165, 1.54) is 11.1 Å². The van der Waals surface area contributed by atoms with Gasteiger partial charge < -0.3 is 15.0 Å². The van der Waals surface area contributed by atoms with E-state index in [0.717, 1.165) is 19.4 Å². The highest BCUT2D eigenvalue weighted by Gasteiger charge is 2.49. The molecule has 2 aliphatic rings. The van der Waals surface area contributed by atoms with Gasteiger partial charge in [-0.1, -0.05) is 26.8 Å². The molecule has 4 heteroatoms. The Morgan fingerprint density at radius 1 is 1.43 bits per heavy atom. The van der Waals surface area contributed by atoms with E-state index in [-0.39, 0.29) is 17.3 Å². The van der Waals surface area contributed by atoms with Crippen molar-refractivity contribution >= 4 is 5.97 Å². The van der Waals surface area contributed by atoms with Crippen LogP contribution in [0.2, 0.25) is 0 Å². The summed E-state index contributed by atoms with van der Waals surface area (Å²) in [5, 5.41) is 3.55. The third kappa shape index (κ3) is 2.68. The number of esters is 1. The van der Waals surface area contributed by atoms with Gasteiger partial charge in [0.2, 0.25) is 0 Å². The SMILES string of the molecule is CN[C@H]1[C@H]2Cc3ccc(OC(=O)C(C)C)cc3[C@@]1(C)CCN2C. The number of piperidine rings is 1. The number of nitrogens with zero attached hydrogens (tertiary/aromatic N) is 1. The number of ether oxygens (including phenoxy) is 1. The molecular weight excluding hydrogens is 288 g/mol. The lowest BCUT2D eigenvalue weighted by molar-refractivity contribution is -0.137. The van der Waals surface area contributed by atoms with Crippen molar-refractivity contribution in [2.75, 3.05) is 20.6 Å². The quantitative estimate of drug-likeness (QED) is 0.686. The average Bonchev–Trinajstić information content (AvgIpc) is 2.52. The third-order valence-corrected chi connectivity index (χ3v) is 5.75. The second kappa shape index (κ2) is 5.91. The van der Waals surface area contributed by atoms with Crippen LogP contribution in [-0.2, 0) is 16.6 Å². The van der Waals surface area contributed by atoms with Gasteiger partial charge in [-0.25, -0.2) is 0 Å². The van der Waals surface area contributed by atoms with E-state index in [1.54, 1.807) is 0 Å². The first-order chi connectivity index (χ1) is 10.9. The van der Waals surface area contributed by atoms with Gasteiger partial charge in [-0.3, -0.25) is 4.79 Å². The number of benzene rings is 1. The molecule has 126 valence electrons. The Kier molecular flexibility index (Phi) is 4.23. The monoisotopic (exact) mass is 316 g/mol. The minimum Gasteiger partial charge on any atom is -0.426 e. The fourth-order valence-corrected chi connectivity index (χ4v) is 4.28. The predicted molar refractivity (Wildman–Crippen MR) is 91.9 cm³/mol. The fraction of sp³-hybridized carbons (Fsp3) is 0.632. The van der Waals surface area contributed by atoms with Gasteiger partial charge in [0.05, 0.1) is 5.92 Å². The van der Waals surface area contributed by atoms with Crippen molar-refractivity contribution in [3.05, 3.63) is 29.3 Å². The van der Waals surface area contributed by atoms with Crippen LogP contribution in [0.5, 0.6) is 5.75 Å². The van der Waals surface area contributed by atoms with Crippen molar-refractivity contribution in [3.63, 3.8) is 0 Å². The van der Waals surface area contributed by atoms with Gasteiger partial charge in [-0.15, -0.1) is 0 Å². The Morgan fingerprint density at radius 2 is 2.17 bits per heavy atom. The Labute approximate surface area is 139 Å². The number of hydrogen-bond acceptors (Lipinski definition) is 4. The summed E-state index contributed by atoms with van der Waals surface area (Å²) in [5.74, 6) is 0.396. The van der Waals surface area contributed by atoms with Gasteiger partial charge in [0.25, 0.3) is 0 Å². The fourth-order valence-electron chi connectivity index (χ4n) is 4.28. The average molecular weight is 316 g/mol. The zero-order valence-corrected chi connectivity index (χ0v) is 14.8. The van der Waals surface area contributed by atoms with Gasteiger partial charge in [0.15, 0.2) is 0 Å². The molecule has 3 rings (SSSR count). The highest BCUT2D eigenvalue weighted by molar-refractivity contribution is 5.74. The molecule has 0 aromatic heterocycles. The molecule has 1 saturated heterocycles. The maximum Gasteiger partial charge on any atom is 0.313 e. The van der Waals surface area contributed by atoms with Crippen LogP contribution in [-0.4, -0.2) is 43.6 Å². The van der Waals surface area contributed by atoms with E-state index in [0.29, 0.717) is 17.8 Å². The second-order valence-corrected chi connectivity index (χ2v) is 7.58. The lowest BCUT2D eigenvalue weighted by Crippen LogP contribution is -2.65. The van der Waals surface area contributed by atoms with Crippen LogP contribution >= 0.6 is 0 Å². The van der Waals surface area contributed by atoms with Crippen LogP contribution in [0.4, 0.5) is 0 Å². The summed E-state index contributed by atoms with van der Waals surface area (Å²) in [4.78, 5) is 14.4. The Morgan fingerprint density at radius 3 is 2.83 bits per heavy atom. The Bertz CT molecular complexity index is 613. The number of fused-ring (bicyclic) bond motifs is 4. The first kappa shape index (κ1) is 16.5. The van der Waals surface area contributed by atoms with Crippen molar-refractivity contribution in [2.45, 2.75) is 51.1 Å². The van der Waals surface area contributed by atoms with E-state index < -0.39 is 0 Å². The standard InChI is InChI=1S/C19H28N2O2/c1-12(2)18(22)23-14-7-6-13-10-16-17(20-4)19(3,15(13)11-14)8-9-21(16)5/h6-7,11-12,16-17,20H,8-10H2,1-5H3/t16-,17+,19-/m1/s1. The maximum absolute atomic E-state index is 11.9. The molecule has 0 spiro atoms. The van der Waals surface area contributed by atoms with Gasteiger partial charge in [0.1, 0.15) is 5.75 Å². The van der Waals surface area contributed by atoms with Gasteiger partial charge in [-0.05, 0) is 56.7 Å². The number of carbonyl (C=O) groups excluding carboxylic acids is 1. The smallest absolute Gasteiger partial charge is 0.313 e. The van der Waals surface area contributed by atoms with Crippen molar-refractivity contribution in [2.24, 2.45) is 5.92 Å². The number of nitrogens with one attached hydrogen (secondary N) is 1. The molecule has 0 saturated carbocycles. The first-order valence-corrected chi connectivity index (χ1v) is 8.59. The molecule has 1 N–H and O–H groups in total. The van der Waals surface area contributed by atoms with Crippen LogP contribution in [0, 0.1) is 5.92 Å². The van der Waals surface area contributed by atoms with Gasteiger partial charge in [0, 0.05) is 17.5 Å². The lowest BCUT2D eigenvalue weighted by Gasteiger charge is -2.54. The number of likely N-dealkylation sites (tertiary alicyclic amines) is 1. The van der Waals surface area contributed by atoms with E-state index in [2.05, 4.69) is 43.4 Å². The van der Waals surface area contributed by atoms with Crippen LogP contribution in [0.1, 0.15) is 38.3 Å². The number of rotatable bonds is 3. The molecule has 0 radical (unpaired) electrons. The predicted octanol–water partition coefficient (Wildman–Crippen LogP) is 2.35. The second-order valence-electron chi connectivity index (χ2n) is 7.58. The molecule has 1 heterocycles. The summed E-state index contributed by atoms with van der Waals surface area (Å²) in [5.41, 5.74) is 2.81. The summed E-state index contributed by atoms with van der Waals surface area (Å²) < 4.78 is 5.54. The van der Waals surface area contributed by atoms with Crippen molar-refractivity contribution in [1.82, 2.24) is 10.2 Å². The molecule has 1 aliphatic heterocycles. The Balaban J connectivity index is 1.99. The molecule has 1 aromatic carbocycles. The van der Waals surface area contributed by atoms with Gasteiger partial charge >= 0.3 is 5.97 Å². The normalized spacial score (nSPS) is 30.2. The highest BCUT2D eigenvalue weighted by atomic mass is 16.5. The van der Waals surface area contributed by atoms with Crippen molar-refractivity contribution in [1.29, 1.82) is 0 Å². The molecule has 1 aliphatic carbocycles. The minimum atomic E-state index is -0.169. The molecule has 23 heavy (non-hydrogen) atoms. The number of hydrogen-bond donors (Lipinski definition) is 1. The summed E-state index contributed by atoms with van der Waals surface area (Å²) in [7, 11) is 4.28. The van der Waals surface area contributed by atoms with Gasteiger partial charge in [-0.2, -0.15) is 0 Å². The molecule has 1 aromatic rings. The summed E-state index contributed by atoms with van der Waals surface area (Å²) >= 11 is 0. The summed E-state index contributed by atoms with van der Waals surface area (Å²) in [6.45, 7) is 7.18. The van der Waals surface area contributed by atoms with Crippen LogP contribution in [0.25, 0.3) is 0 Å². The molecule has 0 amide bonds. The Hall–Kier alpha value is -1.39. The maximum atomic E-state index is 11.9. The minimum absolute atomic E-state index is 0.0831. The molecule has 1 fully saturated rings. The third-order valence-electron chi connectivity index (χ3n) is 5.75. The van der Waals surface area contributed by atoms with E-state index in [1.807, 2.05) is 19.9 Å². The zero-order valence-electron chi connectivity index (χ0n) is 14.8. The summed E-state index contributed by atoms with van der Waals surface area (Å²) in [6.07, 6.45) is 2.16. The molecule has 2 bridgehead atoms. The first-order valence-electron chi connectivity index (χ1n) is 8.59. The lowest BCUT2D eigenvalue weighted by atomic mass is 9.62. The van der Waals surface area contributed by atoms with Crippen molar-refractivity contribution in [3.8, 4) is 5.75 Å². The van der Waals surface area contributed by atoms with Crippen LogP contribution in [0.15, 0.2) is 18.2 Å². The largest absolute Gasteiger partial charge is 0.426 e. The summed E-state index contributed by atoms with van der Waals surface area (Å²) in [6, 6.07) is 7.13. The molecule has 0 unspecified atom stereocenters. The number of carbonyl (C=O) groups is 1. The van der Waals surface area contributed by atoms with Crippen LogP contribution < -0.4 is 10.1 Å². The van der Waals surface area contributed by atoms with E-state index in [9.17, 15) is 4.79 Å². The van der Waals surface area contributed by atoms with E-state index in [4.69, 9.17) is 4.74 Å². The van der Waals surface area contributed by atoms with Crippen LogP contribution in [0.3, 0.4) is 0 Å². The highest BCUT2D eigenvalue weighted by Crippen LogP contribution is 2.45. The number of likely N-dealkylation sites (N-methyl/N-ethyl adjacent to an activating group) is 2. The molecular formula is C19H28N2O2. The molecule has 4 nitrogen and oxygen atoms in total. The van der Waals surface area contributed by atoms with E-state index >= 15 is 0 Å².